The molecular weight excluding hydrogens is 198 g/mol. The molecule has 0 radical (unpaired) electrons. The van der Waals surface area contributed by atoms with Gasteiger partial charge in [-0.25, -0.2) is 0 Å². The van der Waals surface area contributed by atoms with E-state index in [0.29, 0.717) is 11.8 Å². The Hall–Kier alpha value is -1.02. The maximum atomic E-state index is 9.46. The third-order valence-corrected chi connectivity index (χ3v) is 4.15. The lowest BCUT2D eigenvalue weighted by Crippen LogP contribution is -2.49. The van der Waals surface area contributed by atoms with E-state index in [-0.39, 0.29) is 0 Å². The second kappa shape index (κ2) is 4.10. The zero-order valence-electron chi connectivity index (χ0n) is 9.60. The molecule has 3 heterocycles. The molecule has 16 heavy (non-hydrogen) atoms. The molecule has 1 N–H and O–H groups in total. The van der Waals surface area contributed by atoms with Gasteiger partial charge in [0.25, 0.3) is 0 Å². The van der Waals surface area contributed by atoms with E-state index in [4.69, 9.17) is 0 Å². The summed E-state index contributed by atoms with van der Waals surface area (Å²) in [7, 11) is 0. The van der Waals surface area contributed by atoms with Gasteiger partial charge >= 0.3 is 0 Å². The van der Waals surface area contributed by atoms with E-state index in [1.54, 1.807) is 6.07 Å². The largest absolute Gasteiger partial charge is 0.508 e. The van der Waals surface area contributed by atoms with Crippen molar-refractivity contribution in [2.45, 2.75) is 31.7 Å². The Balaban J connectivity index is 1.71. The minimum atomic E-state index is 0.397. The zero-order valence-corrected chi connectivity index (χ0v) is 9.60. The van der Waals surface area contributed by atoms with Crippen molar-refractivity contribution in [3.63, 3.8) is 0 Å². The van der Waals surface area contributed by atoms with E-state index in [9.17, 15) is 5.11 Å². The van der Waals surface area contributed by atoms with Gasteiger partial charge in [-0.15, -0.1) is 0 Å². The summed E-state index contributed by atoms with van der Waals surface area (Å²) in [5, 5.41) is 9.46. The number of nitrogens with zero attached hydrogens (tertiary/aromatic N) is 1. The third-order valence-electron chi connectivity index (χ3n) is 4.15. The molecule has 1 unspecified atom stereocenters. The van der Waals surface area contributed by atoms with E-state index in [1.165, 1.54) is 37.9 Å². The molecule has 0 aromatic heterocycles. The van der Waals surface area contributed by atoms with Crippen molar-refractivity contribution in [1.29, 1.82) is 0 Å². The minimum Gasteiger partial charge on any atom is -0.508 e. The van der Waals surface area contributed by atoms with Crippen LogP contribution in [0.15, 0.2) is 24.3 Å². The summed E-state index contributed by atoms with van der Waals surface area (Å²) in [5.41, 5.74) is 1.28. The summed E-state index contributed by atoms with van der Waals surface area (Å²) in [6.45, 7) is 2.57. The Bertz CT molecular complexity index is 369. The highest BCUT2D eigenvalue weighted by Gasteiger charge is 2.33. The number of rotatable bonds is 2. The molecule has 3 aliphatic rings. The fourth-order valence-electron chi connectivity index (χ4n) is 3.26. The number of hydrogen-bond acceptors (Lipinski definition) is 2. The van der Waals surface area contributed by atoms with Crippen molar-refractivity contribution >= 4 is 0 Å². The van der Waals surface area contributed by atoms with Gasteiger partial charge in [0.05, 0.1) is 0 Å². The lowest BCUT2D eigenvalue weighted by molar-refractivity contribution is 0.0498. The molecule has 0 amide bonds. The molecule has 0 aliphatic carbocycles. The molecule has 4 rings (SSSR count). The van der Waals surface area contributed by atoms with Gasteiger partial charge in [-0.3, -0.25) is 0 Å². The number of phenolic OH excluding ortho intramolecular Hbond substituents is 1. The normalized spacial score (nSPS) is 32.9. The lowest BCUT2D eigenvalue weighted by Gasteiger charge is -2.45. The molecule has 3 aliphatic heterocycles. The van der Waals surface area contributed by atoms with Gasteiger partial charge in [-0.2, -0.15) is 0 Å². The molecule has 1 aromatic carbocycles. The Labute approximate surface area is 96.9 Å². The summed E-state index contributed by atoms with van der Waals surface area (Å²) in [4.78, 5) is 2.63. The number of hydrogen-bond donors (Lipinski definition) is 1. The van der Waals surface area contributed by atoms with Crippen molar-refractivity contribution < 1.29 is 5.11 Å². The first kappa shape index (κ1) is 10.2. The first-order chi connectivity index (χ1) is 7.81. The molecule has 3 saturated heterocycles. The van der Waals surface area contributed by atoms with Gasteiger partial charge in [-0.05, 0) is 62.4 Å². The SMILES string of the molecule is Oc1cccc(CC2CC3CCN2CC3)c1. The van der Waals surface area contributed by atoms with E-state index in [0.717, 1.165) is 12.3 Å². The van der Waals surface area contributed by atoms with Crippen LogP contribution in [-0.2, 0) is 6.42 Å². The van der Waals surface area contributed by atoms with E-state index >= 15 is 0 Å². The summed E-state index contributed by atoms with van der Waals surface area (Å²) in [6, 6.07) is 8.44. The first-order valence-electron chi connectivity index (χ1n) is 6.33. The molecule has 1 aromatic rings. The van der Waals surface area contributed by atoms with Gasteiger partial charge in [0.2, 0.25) is 0 Å². The molecule has 2 nitrogen and oxygen atoms in total. The summed E-state index contributed by atoms with van der Waals surface area (Å²) in [5.74, 6) is 1.36. The summed E-state index contributed by atoms with van der Waals surface area (Å²) < 4.78 is 0. The predicted octanol–water partition coefficient (Wildman–Crippen LogP) is 2.42. The Kier molecular flexibility index (Phi) is 2.60. The Morgan fingerprint density at radius 1 is 1.25 bits per heavy atom. The first-order valence-corrected chi connectivity index (χ1v) is 6.33. The third kappa shape index (κ3) is 1.94. The van der Waals surface area contributed by atoms with E-state index in [2.05, 4.69) is 11.0 Å². The van der Waals surface area contributed by atoms with Crippen molar-refractivity contribution in [2.24, 2.45) is 5.92 Å². The van der Waals surface area contributed by atoms with Crippen LogP contribution in [0.1, 0.15) is 24.8 Å². The molecule has 2 heteroatoms. The lowest BCUT2D eigenvalue weighted by atomic mass is 9.81. The minimum absolute atomic E-state index is 0.397. The van der Waals surface area contributed by atoms with Crippen LogP contribution in [0.5, 0.6) is 5.75 Å². The number of phenols is 1. The summed E-state index contributed by atoms with van der Waals surface area (Å²) >= 11 is 0. The average Bonchev–Trinajstić information content (AvgIpc) is 2.30. The van der Waals surface area contributed by atoms with Crippen molar-refractivity contribution in [3.05, 3.63) is 29.8 Å². The monoisotopic (exact) mass is 217 g/mol. The number of piperidine rings is 3. The topological polar surface area (TPSA) is 23.5 Å². The molecule has 1 atom stereocenters. The van der Waals surface area contributed by atoms with Gasteiger partial charge in [0.1, 0.15) is 5.75 Å². The molecule has 2 bridgehead atoms. The van der Waals surface area contributed by atoms with E-state index < -0.39 is 0 Å². The molecule has 3 fully saturated rings. The van der Waals surface area contributed by atoms with Crippen LogP contribution < -0.4 is 0 Å². The van der Waals surface area contributed by atoms with E-state index in [1.807, 2.05) is 12.1 Å². The van der Waals surface area contributed by atoms with Crippen molar-refractivity contribution in [3.8, 4) is 5.75 Å². The van der Waals surface area contributed by atoms with Gasteiger partial charge in [-0.1, -0.05) is 12.1 Å². The Morgan fingerprint density at radius 2 is 2.06 bits per heavy atom. The average molecular weight is 217 g/mol. The maximum Gasteiger partial charge on any atom is 0.115 e. The second-order valence-electron chi connectivity index (χ2n) is 5.24. The van der Waals surface area contributed by atoms with Crippen molar-refractivity contribution in [1.82, 2.24) is 4.90 Å². The zero-order chi connectivity index (χ0) is 11.0. The number of aromatic hydroxyl groups is 1. The fourth-order valence-corrected chi connectivity index (χ4v) is 3.26. The quantitative estimate of drug-likeness (QED) is 0.822. The van der Waals surface area contributed by atoms with Crippen LogP contribution >= 0.6 is 0 Å². The molecule has 0 spiro atoms. The summed E-state index contributed by atoms with van der Waals surface area (Å²) in [6.07, 6.45) is 5.26. The van der Waals surface area contributed by atoms with Crippen LogP contribution in [0.3, 0.4) is 0 Å². The van der Waals surface area contributed by atoms with Crippen LogP contribution in [0.25, 0.3) is 0 Å². The maximum absolute atomic E-state index is 9.46. The molecule has 0 saturated carbocycles. The Morgan fingerprint density at radius 3 is 2.69 bits per heavy atom. The second-order valence-corrected chi connectivity index (χ2v) is 5.24. The highest BCUT2D eigenvalue weighted by molar-refractivity contribution is 5.27. The highest BCUT2D eigenvalue weighted by atomic mass is 16.3. The van der Waals surface area contributed by atoms with Crippen molar-refractivity contribution in [2.75, 3.05) is 13.1 Å². The number of benzene rings is 1. The van der Waals surface area contributed by atoms with Gasteiger partial charge < -0.3 is 10.0 Å². The smallest absolute Gasteiger partial charge is 0.115 e. The van der Waals surface area contributed by atoms with Crippen LogP contribution in [0.2, 0.25) is 0 Å². The van der Waals surface area contributed by atoms with Gasteiger partial charge in [0.15, 0.2) is 0 Å². The standard InChI is InChI=1S/C14H19NO/c16-14-3-1-2-12(10-14)9-13-8-11-4-6-15(13)7-5-11/h1-3,10-11,13,16H,4-9H2. The highest BCUT2D eigenvalue weighted by Crippen LogP contribution is 2.33. The van der Waals surface area contributed by atoms with Crippen LogP contribution in [0.4, 0.5) is 0 Å². The molecule has 86 valence electrons. The van der Waals surface area contributed by atoms with Crippen LogP contribution in [-0.4, -0.2) is 29.1 Å². The fraction of sp³-hybridized carbons (Fsp3) is 0.571. The van der Waals surface area contributed by atoms with Crippen LogP contribution in [0, 0.1) is 5.92 Å². The number of fused-ring (bicyclic) bond motifs is 3. The predicted molar refractivity (Wildman–Crippen MR) is 64.5 cm³/mol. The molecular formula is C14H19NO. The van der Waals surface area contributed by atoms with Gasteiger partial charge in [0, 0.05) is 6.04 Å².